The van der Waals surface area contributed by atoms with Crippen molar-refractivity contribution in [1.82, 2.24) is 15.4 Å². The van der Waals surface area contributed by atoms with Crippen LogP contribution >= 0.6 is 0 Å². The highest BCUT2D eigenvalue weighted by Crippen LogP contribution is 2.27. The third-order valence-electron chi connectivity index (χ3n) is 4.10. The van der Waals surface area contributed by atoms with E-state index in [0.717, 1.165) is 37.0 Å². The Hall–Kier alpha value is -0.870. The quantitative estimate of drug-likeness (QED) is 0.909. The molecule has 2 rings (SSSR count). The Labute approximate surface area is 116 Å². The normalized spacial score (nSPS) is 22.9. The summed E-state index contributed by atoms with van der Waals surface area (Å²) in [6.45, 7) is 14.2. The monoisotopic (exact) mass is 265 g/mol. The first-order valence-electron chi connectivity index (χ1n) is 7.39. The predicted molar refractivity (Wildman–Crippen MR) is 77.2 cm³/mol. The van der Waals surface area contributed by atoms with Gasteiger partial charge in [0.1, 0.15) is 5.76 Å². The molecular weight excluding hydrogens is 238 g/mol. The van der Waals surface area contributed by atoms with E-state index in [2.05, 4.69) is 36.1 Å². The summed E-state index contributed by atoms with van der Waals surface area (Å²) >= 11 is 0. The second kappa shape index (κ2) is 6.06. The molecule has 19 heavy (non-hydrogen) atoms. The molecule has 4 heteroatoms. The van der Waals surface area contributed by atoms with Crippen LogP contribution in [0.3, 0.4) is 0 Å². The summed E-state index contributed by atoms with van der Waals surface area (Å²) in [6.07, 6.45) is 1.24. The van der Waals surface area contributed by atoms with Gasteiger partial charge in [-0.3, -0.25) is 4.90 Å². The Morgan fingerprint density at radius 2 is 2.11 bits per heavy atom. The molecule has 1 N–H and O–H groups in total. The second-order valence-electron chi connectivity index (χ2n) is 6.19. The minimum Gasteiger partial charge on any atom is -0.361 e. The molecule has 1 aliphatic rings. The van der Waals surface area contributed by atoms with E-state index in [-0.39, 0.29) is 0 Å². The van der Waals surface area contributed by atoms with E-state index in [1.54, 1.807) is 0 Å². The lowest BCUT2D eigenvalue weighted by atomic mass is 9.99. The molecule has 4 nitrogen and oxygen atoms in total. The van der Waals surface area contributed by atoms with E-state index >= 15 is 0 Å². The van der Waals surface area contributed by atoms with Crippen LogP contribution in [0.5, 0.6) is 0 Å². The zero-order valence-corrected chi connectivity index (χ0v) is 12.9. The maximum Gasteiger partial charge on any atom is 0.138 e. The lowest BCUT2D eigenvalue weighted by molar-refractivity contribution is 0.142. The summed E-state index contributed by atoms with van der Waals surface area (Å²) in [5, 5.41) is 7.71. The van der Waals surface area contributed by atoms with E-state index in [4.69, 9.17) is 4.52 Å². The Kier molecular flexibility index (Phi) is 4.63. The number of piperazine rings is 1. The van der Waals surface area contributed by atoms with Crippen molar-refractivity contribution < 1.29 is 4.52 Å². The van der Waals surface area contributed by atoms with Crippen molar-refractivity contribution in [2.24, 2.45) is 5.92 Å². The fourth-order valence-electron chi connectivity index (χ4n) is 3.20. The van der Waals surface area contributed by atoms with Gasteiger partial charge in [0.2, 0.25) is 0 Å². The van der Waals surface area contributed by atoms with Gasteiger partial charge in [0.25, 0.3) is 0 Å². The van der Waals surface area contributed by atoms with Crippen molar-refractivity contribution in [3.05, 3.63) is 17.0 Å². The molecule has 2 heterocycles. The van der Waals surface area contributed by atoms with Gasteiger partial charge in [-0.25, -0.2) is 0 Å². The number of nitrogens with zero attached hydrogens (tertiary/aromatic N) is 2. The Bertz CT molecular complexity index is 394. The van der Waals surface area contributed by atoms with Crippen LogP contribution in [0.25, 0.3) is 0 Å². The summed E-state index contributed by atoms with van der Waals surface area (Å²) in [6, 6.07) is 1.000. The Morgan fingerprint density at radius 3 is 2.68 bits per heavy atom. The van der Waals surface area contributed by atoms with Crippen LogP contribution in [0.15, 0.2) is 4.52 Å². The molecule has 0 amide bonds. The molecule has 2 atom stereocenters. The highest BCUT2D eigenvalue weighted by molar-refractivity contribution is 5.24. The summed E-state index contributed by atoms with van der Waals surface area (Å²) in [4.78, 5) is 2.55. The van der Waals surface area contributed by atoms with Crippen LogP contribution < -0.4 is 5.32 Å². The number of nitrogens with one attached hydrogen (secondary N) is 1. The molecule has 1 fully saturated rings. The summed E-state index contributed by atoms with van der Waals surface area (Å²) in [5.74, 6) is 1.70. The third-order valence-corrected chi connectivity index (χ3v) is 4.10. The molecule has 108 valence electrons. The van der Waals surface area contributed by atoms with Gasteiger partial charge in [-0.15, -0.1) is 0 Å². The Balaban J connectivity index is 2.05. The number of hydrogen-bond acceptors (Lipinski definition) is 4. The molecule has 1 aliphatic heterocycles. The van der Waals surface area contributed by atoms with Gasteiger partial charge in [0.05, 0.1) is 5.69 Å². The van der Waals surface area contributed by atoms with Gasteiger partial charge in [-0.2, -0.15) is 0 Å². The maximum atomic E-state index is 5.31. The van der Waals surface area contributed by atoms with E-state index in [1.807, 2.05) is 13.8 Å². The average Bonchev–Trinajstić information content (AvgIpc) is 2.68. The third kappa shape index (κ3) is 3.37. The van der Waals surface area contributed by atoms with Crippen LogP contribution in [0.4, 0.5) is 0 Å². The molecule has 1 aromatic rings. The lowest BCUT2D eigenvalue weighted by Crippen LogP contribution is -2.51. The van der Waals surface area contributed by atoms with Crippen LogP contribution in [0, 0.1) is 19.8 Å². The first kappa shape index (κ1) is 14.5. The van der Waals surface area contributed by atoms with Gasteiger partial charge in [0.15, 0.2) is 0 Å². The summed E-state index contributed by atoms with van der Waals surface area (Å²) < 4.78 is 5.31. The minimum absolute atomic E-state index is 0.392. The molecule has 0 saturated carbocycles. The summed E-state index contributed by atoms with van der Waals surface area (Å²) in [5.41, 5.74) is 2.30. The van der Waals surface area contributed by atoms with Crippen LogP contribution in [-0.2, 0) is 0 Å². The number of rotatable bonds is 4. The van der Waals surface area contributed by atoms with Crippen LogP contribution in [-0.4, -0.2) is 35.7 Å². The Morgan fingerprint density at radius 1 is 1.37 bits per heavy atom. The largest absolute Gasteiger partial charge is 0.361 e. The maximum absolute atomic E-state index is 5.31. The fourth-order valence-corrected chi connectivity index (χ4v) is 3.20. The van der Waals surface area contributed by atoms with Gasteiger partial charge in [0, 0.05) is 37.3 Å². The van der Waals surface area contributed by atoms with Crippen molar-refractivity contribution in [2.75, 3.05) is 19.6 Å². The first-order valence-corrected chi connectivity index (χ1v) is 7.39. The van der Waals surface area contributed by atoms with Gasteiger partial charge in [-0.05, 0) is 33.1 Å². The topological polar surface area (TPSA) is 41.3 Å². The molecule has 2 unspecified atom stereocenters. The second-order valence-corrected chi connectivity index (χ2v) is 6.19. The van der Waals surface area contributed by atoms with Crippen LogP contribution in [0.1, 0.15) is 50.3 Å². The average molecular weight is 265 g/mol. The van der Waals surface area contributed by atoms with Crippen LogP contribution in [0.2, 0.25) is 0 Å². The lowest BCUT2D eigenvalue weighted by Gasteiger charge is -2.38. The molecule has 0 radical (unpaired) electrons. The zero-order chi connectivity index (χ0) is 14.0. The molecule has 1 saturated heterocycles. The molecule has 0 spiro atoms. The summed E-state index contributed by atoms with van der Waals surface area (Å²) in [7, 11) is 0. The minimum atomic E-state index is 0.392. The van der Waals surface area contributed by atoms with Crippen molar-refractivity contribution in [3.8, 4) is 0 Å². The number of aryl methyl sites for hydroxylation is 2. The molecule has 0 bridgehead atoms. The van der Waals surface area contributed by atoms with Crippen molar-refractivity contribution >= 4 is 0 Å². The van der Waals surface area contributed by atoms with Gasteiger partial charge < -0.3 is 9.84 Å². The van der Waals surface area contributed by atoms with Crippen molar-refractivity contribution in [1.29, 1.82) is 0 Å². The molecule has 1 aromatic heterocycles. The number of hydrogen-bond donors (Lipinski definition) is 1. The first-order chi connectivity index (χ1) is 8.99. The molecular formula is C15H27N3O. The fraction of sp³-hybridized carbons (Fsp3) is 0.800. The van der Waals surface area contributed by atoms with Crippen molar-refractivity contribution in [3.63, 3.8) is 0 Å². The molecule has 0 aliphatic carbocycles. The zero-order valence-electron chi connectivity index (χ0n) is 12.9. The highest BCUT2D eigenvalue weighted by Gasteiger charge is 2.27. The van der Waals surface area contributed by atoms with E-state index < -0.39 is 0 Å². The molecule has 0 aromatic carbocycles. The van der Waals surface area contributed by atoms with E-state index in [9.17, 15) is 0 Å². The van der Waals surface area contributed by atoms with Crippen molar-refractivity contribution in [2.45, 2.75) is 53.1 Å². The SMILES string of the molecule is Cc1noc(C)c1C(C)N1CCNC(CC(C)C)C1. The standard InChI is InChI=1S/C15H27N3O/c1-10(2)8-14-9-18(7-6-16-14)12(4)15-11(3)17-19-13(15)5/h10,12,14,16H,6-9H2,1-5H3. The highest BCUT2D eigenvalue weighted by atomic mass is 16.5. The predicted octanol–water partition coefficient (Wildman–Crippen LogP) is 2.67. The van der Waals surface area contributed by atoms with E-state index in [0.29, 0.717) is 12.1 Å². The van der Waals surface area contributed by atoms with E-state index in [1.165, 1.54) is 12.0 Å². The number of aromatic nitrogens is 1. The van der Waals surface area contributed by atoms with Gasteiger partial charge in [-0.1, -0.05) is 19.0 Å². The van der Waals surface area contributed by atoms with Gasteiger partial charge >= 0.3 is 0 Å². The smallest absolute Gasteiger partial charge is 0.138 e.